The van der Waals surface area contributed by atoms with Crippen LogP contribution in [0.1, 0.15) is 27.0 Å². The molecule has 2 N–H and O–H groups in total. The smallest absolute Gasteiger partial charge is 0.244 e. The Morgan fingerprint density at radius 3 is 2.96 bits per heavy atom. The van der Waals surface area contributed by atoms with Crippen molar-refractivity contribution in [2.45, 2.75) is 12.6 Å². The summed E-state index contributed by atoms with van der Waals surface area (Å²) in [6.07, 6.45) is 2.61. The molecule has 1 aliphatic rings. The van der Waals surface area contributed by atoms with Crippen molar-refractivity contribution >= 4 is 34.7 Å². The summed E-state index contributed by atoms with van der Waals surface area (Å²) in [5.74, 6) is 1.23. The van der Waals surface area contributed by atoms with Gasteiger partial charge in [-0.3, -0.25) is 4.79 Å². The van der Waals surface area contributed by atoms with Crippen molar-refractivity contribution in [1.82, 2.24) is 5.32 Å². The molecular formula is C20H17NO4S2. The van der Waals surface area contributed by atoms with Crippen molar-refractivity contribution in [3.63, 3.8) is 0 Å². The summed E-state index contributed by atoms with van der Waals surface area (Å²) in [6.45, 7) is 0.651. The molecule has 1 atom stereocenters. The molecule has 0 saturated heterocycles. The number of thiophene rings is 2. The number of fused-ring (bicyclic) bond motifs is 1. The van der Waals surface area contributed by atoms with Gasteiger partial charge in [0.1, 0.15) is 6.10 Å². The van der Waals surface area contributed by atoms with Crippen LogP contribution >= 0.6 is 22.7 Å². The Balaban J connectivity index is 1.32. The van der Waals surface area contributed by atoms with Crippen LogP contribution in [0, 0.1) is 0 Å². The lowest BCUT2D eigenvalue weighted by Crippen LogP contribution is -2.19. The molecule has 3 aromatic rings. The minimum Gasteiger partial charge on any atom is -0.454 e. The highest BCUT2D eigenvalue weighted by Gasteiger charge is 2.14. The molecule has 0 saturated carbocycles. The molecule has 0 fully saturated rings. The van der Waals surface area contributed by atoms with Gasteiger partial charge in [0.05, 0.1) is 6.54 Å². The van der Waals surface area contributed by atoms with Gasteiger partial charge in [-0.1, -0.05) is 6.07 Å². The number of carbonyl (C=O) groups excluding carboxylic acids is 1. The Morgan fingerprint density at radius 1 is 1.22 bits per heavy atom. The summed E-state index contributed by atoms with van der Waals surface area (Å²) in [5.41, 5.74) is 1.76. The fraction of sp³-hybridized carbons (Fsp3) is 0.150. The SMILES string of the molecule is O=C(/C=C/c1ccc2c(c1)OCO2)NCc1ccc([C@H](O)c2ccsc2)s1. The van der Waals surface area contributed by atoms with E-state index in [1.807, 2.05) is 47.2 Å². The van der Waals surface area contributed by atoms with E-state index < -0.39 is 6.10 Å². The molecule has 138 valence electrons. The molecular weight excluding hydrogens is 382 g/mol. The number of ether oxygens (including phenoxy) is 2. The summed E-state index contributed by atoms with van der Waals surface area (Å²) in [7, 11) is 0. The first-order chi connectivity index (χ1) is 13.2. The van der Waals surface area contributed by atoms with Crippen molar-refractivity contribution < 1.29 is 19.4 Å². The van der Waals surface area contributed by atoms with Crippen LogP contribution < -0.4 is 14.8 Å². The van der Waals surface area contributed by atoms with E-state index in [0.717, 1.165) is 26.6 Å². The normalized spacial score (nSPS) is 13.8. The first kappa shape index (κ1) is 17.8. The van der Waals surface area contributed by atoms with Gasteiger partial charge in [-0.25, -0.2) is 0 Å². The van der Waals surface area contributed by atoms with Crippen molar-refractivity contribution in [1.29, 1.82) is 0 Å². The van der Waals surface area contributed by atoms with Crippen molar-refractivity contribution in [3.05, 3.63) is 74.1 Å². The zero-order valence-electron chi connectivity index (χ0n) is 14.3. The average Bonchev–Trinajstić information content (AvgIpc) is 3.45. The lowest BCUT2D eigenvalue weighted by molar-refractivity contribution is -0.116. The van der Waals surface area contributed by atoms with Crippen LogP contribution in [0.25, 0.3) is 6.08 Å². The first-order valence-corrected chi connectivity index (χ1v) is 10.1. The lowest BCUT2D eigenvalue weighted by atomic mass is 10.2. The number of nitrogens with one attached hydrogen (secondary N) is 1. The van der Waals surface area contributed by atoms with Crippen LogP contribution in [0.2, 0.25) is 0 Å². The Morgan fingerprint density at radius 2 is 2.11 bits per heavy atom. The van der Waals surface area contributed by atoms with Gasteiger partial charge in [0.2, 0.25) is 12.7 Å². The maximum absolute atomic E-state index is 12.1. The minimum absolute atomic E-state index is 0.180. The maximum Gasteiger partial charge on any atom is 0.244 e. The second-order valence-corrected chi connectivity index (χ2v) is 7.91. The summed E-state index contributed by atoms with van der Waals surface area (Å²) in [6, 6.07) is 11.3. The second kappa shape index (κ2) is 7.96. The topological polar surface area (TPSA) is 67.8 Å². The molecule has 1 aliphatic heterocycles. The molecule has 0 unspecified atom stereocenters. The number of hydrogen-bond acceptors (Lipinski definition) is 6. The molecule has 0 aliphatic carbocycles. The minimum atomic E-state index is -0.614. The number of aliphatic hydroxyl groups excluding tert-OH is 1. The zero-order valence-corrected chi connectivity index (χ0v) is 15.9. The van der Waals surface area contributed by atoms with Gasteiger partial charge < -0.3 is 19.9 Å². The van der Waals surface area contributed by atoms with E-state index in [9.17, 15) is 9.90 Å². The summed E-state index contributed by atoms with van der Waals surface area (Å²) in [4.78, 5) is 13.9. The number of benzene rings is 1. The number of hydrogen-bond donors (Lipinski definition) is 2. The van der Waals surface area contributed by atoms with E-state index in [-0.39, 0.29) is 12.7 Å². The quantitative estimate of drug-likeness (QED) is 0.616. The van der Waals surface area contributed by atoms with E-state index in [1.165, 1.54) is 17.4 Å². The molecule has 5 nitrogen and oxygen atoms in total. The summed E-state index contributed by atoms with van der Waals surface area (Å²) in [5, 5.41) is 17.1. The third-order valence-corrected chi connectivity index (χ3v) is 5.91. The average molecular weight is 399 g/mol. The van der Waals surface area contributed by atoms with E-state index in [4.69, 9.17) is 9.47 Å². The second-order valence-electron chi connectivity index (χ2n) is 5.93. The van der Waals surface area contributed by atoms with Gasteiger partial charge in [-0.2, -0.15) is 11.3 Å². The van der Waals surface area contributed by atoms with Gasteiger partial charge in [-0.05, 0) is 58.3 Å². The highest BCUT2D eigenvalue weighted by atomic mass is 32.1. The third-order valence-electron chi connectivity index (χ3n) is 4.07. The van der Waals surface area contributed by atoms with Crippen LogP contribution in [0.15, 0.2) is 53.2 Å². The van der Waals surface area contributed by atoms with Crippen LogP contribution in [0.5, 0.6) is 11.5 Å². The van der Waals surface area contributed by atoms with Crippen LogP contribution in [-0.2, 0) is 11.3 Å². The molecule has 0 radical (unpaired) electrons. The summed E-state index contributed by atoms with van der Waals surface area (Å²) < 4.78 is 10.6. The number of carbonyl (C=O) groups is 1. The Kier molecular flexibility index (Phi) is 5.24. The molecule has 4 rings (SSSR count). The Labute approximate surface area is 164 Å². The highest BCUT2D eigenvalue weighted by Crippen LogP contribution is 2.33. The predicted molar refractivity (Wildman–Crippen MR) is 106 cm³/mol. The van der Waals surface area contributed by atoms with Crippen LogP contribution in [0.3, 0.4) is 0 Å². The highest BCUT2D eigenvalue weighted by molar-refractivity contribution is 7.12. The van der Waals surface area contributed by atoms with Crippen molar-refractivity contribution in [3.8, 4) is 11.5 Å². The van der Waals surface area contributed by atoms with Crippen LogP contribution in [0.4, 0.5) is 0 Å². The Hall–Kier alpha value is -2.61. The third kappa shape index (κ3) is 4.21. The molecule has 0 bridgehead atoms. The first-order valence-electron chi connectivity index (χ1n) is 8.33. The standard InChI is InChI=1S/C20H17NO4S2/c22-19(6-2-13-1-4-16-17(9-13)25-12-24-16)21-10-15-3-5-18(27-15)20(23)14-7-8-26-11-14/h1-9,11,20,23H,10,12H2,(H,21,22)/b6-2+/t20-/m1/s1. The number of amides is 1. The van der Waals surface area contributed by atoms with E-state index in [2.05, 4.69) is 5.32 Å². The lowest BCUT2D eigenvalue weighted by Gasteiger charge is -2.05. The number of rotatable bonds is 6. The van der Waals surface area contributed by atoms with E-state index in [1.54, 1.807) is 17.4 Å². The van der Waals surface area contributed by atoms with Gasteiger partial charge in [0.25, 0.3) is 0 Å². The maximum atomic E-state index is 12.1. The fourth-order valence-corrected chi connectivity index (χ4v) is 4.30. The molecule has 1 amide bonds. The van der Waals surface area contributed by atoms with Gasteiger partial charge in [0, 0.05) is 15.8 Å². The molecule has 7 heteroatoms. The molecule has 0 spiro atoms. The largest absolute Gasteiger partial charge is 0.454 e. The fourth-order valence-electron chi connectivity index (χ4n) is 2.65. The zero-order chi connectivity index (χ0) is 18.6. The monoisotopic (exact) mass is 399 g/mol. The van der Waals surface area contributed by atoms with Crippen LogP contribution in [-0.4, -0.2) is 17.8 Å². The van der Waals surface area contributed by atoms with E-state index in [0.29, 0.717) is 12.3 Å². The molecule has 1 aromatic carbocycles. The summed E-state index contributed by atoms with van der Waals surface area (Å²) >= 11 is 3.05. The van der Waals surface area contributed by atoms with E-state index >= 15 is 0 Å². The Bertz CT molecular complexity index is 962. The van der Waals surface area contributed by atoms with Gasteiger partial charge in [0.15, 0.2) is 11.5 Å². The van der Waals surface area contributed by atoms with Gasteiger partial charge in [-0.15, -0.1) is 11.3 Å². The number of aliphatic hydroxyl groups is 1. The predicted octanol–water partition coefficient (Wildman–Crippen LogP) is 3.95. The molecule has 3 heterocycles. The van der Waals surface area contributed by atoms with Crippen molar-refractivity contribution in [2.75, 3.05) is 6.79 Å². The van der Waals surface area contributed by atoms with Gasteiger partial charge >= 0.3 is 0 Å². The van der Waals surface area contributed by atoms with Crippen molar-refractivity contribution in [2.24, 2.45) is 0 Å². The molecule has 27 heavy (non-hydrogen) atoms. The molecule has 2 aromatic heterocycles.